The van der Waals surface area contributed by atoms with Crippen LogP contribution < -0.4 is 0 Å². The minimum Gasteiger partial charge on any atom is -0.506 e. The van der Waals surface area contributed by atoms with Crippen molar-refractivity contribution in [3.63, 3.8) is 0 Å². The molecule has 4 heteroatoms. The van der Waals surface area contributed by atoms with Gasteiger partial charge in [-0.2, -0.15) is 0 Å². The van der Waals surface area contributed by atoms with Crippen molar-refractivity contribution in [2.24, 2.45) is 5.92 Å². The molecule has 2 rings (SSSR count). The zero-order chi connectivity index (χ0) is 14.2. The summed E-state index contributed by atoms with van der Waals surface area (Å²) in [5, 5.41) is 20.0. The maximum Gasteiger partial charge on any atom is 0.306 e. The fourth-order valence-electron chi connectivity index (χ4n) is 2.47. The summed E-state index contributed by atoms with van der Waals surface area (Å²) >= 11 is 0. The molecule has 1 unspecified atom stereocenters. The number of carbonyl (C=O) groups is 1. The molecule has 4 nitrogen and oxygen atoms in total. The molecule has 1 heterocycles. The highest BCUT2D eigenvalue weighted by atomic mass is 16.4. The molecule has 19 heavy (non-hydrogen) atoms. The molecule has 0 aliphatic rings. The van der Waals surface area contributed by atoms with Gasteiger partial charge in [-0.15, -0.1) is 0 Å². The van der Waals surface area contributed by atoms with E-state index >= 15 is 0 Å². The smallest absolute Gasteiger partial charge is 0.306 e. The van der Waals surface area contributed by atoms with Gasteiger partial charge in [0.2, 0.25) is 0 Å². The molecule has 0 aliphatic carbocycles. The fraction of sp³-hybridized carbons (Fsp3) is 0.400. The molecule has 0 bridgehead atoms. The van der Waals surface area contributed by atoms with Gasteiger partial charge in [-0.3, -0.25) is 4.79 Å². The number of carboxylic acids is 1. The van der Waals surface area contributed by atoms with Gasteiger partial charge in [0.15, 0.2) is 0 Å². The zero-order valence-electron chi connectivity index (χ0n) is 11.4. The summed E-state index contributed by atoms with van der Waals surface area (Å²) in [5.74, 6) is -1.01. The van der Waals surface area contributed by atoms with Crippen molar-refractivity contribution >= 4 is 16.9 Å². The van der Waals surface area contributed by atoms with E-state index in [1.165, 1.54) is 0 Å². The van der Waals surface area contributed by atoms with Crippen molar-refractivity contribution in [2.45, 2.75) is 33.2 Å². The van der Waals surface area contributed by atoms with Crippen LogP contribution in [0.25, 0.3) is 10.9 Å². The second kappa shape index (κ2) is 4.96. The second-order valence-electron chi connectivity index (χ2n) is 5.26. The van der Waals surface area contributed by atoms with Crippen LogP contribution in [0.2, 0.25) is 0 Å². The van der Waals surface area contributed by atoms with Gasteiger partial charge >= 0.3 is 5.97 Å². The Morgan fingerprint density at radius 1 is 1.32 bits per heavy atom. The average Bonchev–Trinajstić information content (AvgIpc) is 2.68. The average molecular weight is 261 g/mol. The molecule has 0 fully saturated rings. The van der Waals surface area contributed by atoms with E-state index in [-0.39, 0.29) is 11.8 Å². The predicted molar refractivity (Wildman–Crippen MR) is 74.5 cm³/mol. The number of carboxylic acid groups (broad SMARTS) is 1. The number of aliphatic carboxylic acids is 1. The number of fused-ring (bicyclic) bond motifs is 1. The Morgan fingerprint density at radius 3 is 2.58 bits per heavy atom. The quantitative estimate of drug-likeness (QED) is 0.888. The van der Waals surface area contributed by atoms with E-state index in [0.717, 1.165) is 16.6 Å². The van der Waals surface area contributed by atoms with Gasteiger partial charge in [0, 0.05) is 23.5 Å². The highest BCUT2D eigenvalue weighted by molar-refractivity contribution is 5.87. The Morgan fingerprint density at radius 2 is 2.00 bits per heavy atom. The maximum absolute atomic E-state index is 11.0. The molecule has 0 spiro atoms. The monoisotopic (exact) mass is 261 g/mol. The second-order valence-corrected chi connectivity index (χ2v) is 5.26. The molecular formula is C15H19NO3. The van der Waals surface area contributed by atoms with Crippen LogP contribution in [0.15, 0.2) is 24.3 Å². The van der Waals surface area contributed by atoms with Gasteiger partial charge < -0.3 is 14.8 Å². The summed E-state index contributed by atoms with van der Waals surface area (Å²) in [6, 6.07) is 7.53. The third-order valence-corrected chi connectivity index (χ3v) is 3.37. The summed E-state index contributed by atoms with van der Waals surface area (Å²) in [6.45, 7) is 5.76. The number of phenols is 1. The van der Waals surface area contributed by atoms with Crippen LogP contribution in [0.3, 0.4) is 0 Å². The van der Waals surface area contributed by atoms with Gasteiger partial charge in [0.05, 0.1) is 11.4 Å². The van der Waals surface area contributed by atoms with Gasteiger partial charge in [-0.05, 0) is 26.0 Å². The number of aromatic nitrogens is 1. The zero-order valence-corrected chi connectivity index (χ0v) is 11.4. The molecule has 102 valence electrons. The van der Waals surface area contributed by atoms with Crippen LogP contribution in [0.1, 0.15) is 32.5 Å². The van der Waals surface area contributed by atoms with Crippen molar-refractivity contribution in [3.8, 4) is 5.75 Å². The van der Waals surface area contributed by atoms with Crippen LogP contribution in [0, 0.1) is 5.92 Å². The molecule has 1 aromatic heterocycles. The topological polar surface area (TPSA) is 62.5 Å². The summed E-state index contributed by atoms with van der Waals surface area (Å²) < 4.78 is 2.02. The van der Waals surface area contributed by atoms with E-state index in [0.29, 0.717) is 6.42 Å². The number of rotatable bonds is 4. The van der Waals surface area contributed by atoms with Crippen molar-refractivity contribution in [2.75, 3.05) is 0 Å². The lowest BCUT2D eigenvalue weighted by Crippen LogP contribution is -2.15. The molecule has 0 saturated heterocycles. The van der Waals surface area contributed by atoms with Crippen molar-refractivity contribution in [3.05, 3.63) is 30.0 Å². The van der Waals surface area contributed by atoms with Crippen LogP contribution in [-0.4, -0.2) is 20.7 Å². The fourth-order valence-corrected chi connectivity index (χ4v) is 2.47. The van der Waals surface area contributed by atoms with Crippen LogP contribution in [0.5, 0.6) is 5.75 Å². The van der Waals surface area contributed by atoms with E-state index in [1.54, 1.807) is 19.1 Å². The lowest BCUT2D eigenvalue weighted by Gasteiger charge is -2.16. The molecular weight excluding hydrogens is 242 g/mol. The van der Waals surface area contributed by atoms with Crippen molar-refractivity contribution in [1.29, 1.82) is 0 Å². The van der Waals surface area contributed by atoms with E-state index in [1.807, 2.05) is 30.5 Å². The summed E-state index contributed by atoms with van der Waals surface area (Å²) in [5.41, 5.74) is 1.73. The Hall–Kier alpha value is -1.97. The molecule has 2 N–H and O–H groups in total. The first-order valence-corrected chi connectivity index (χ1v) is 6.46. The minimum atomic E-state index is -0.801. The predicted octanol–water partition coefficient (Wildman–Crippen LogP) is 3.19. The molecule has 1 aromatic carbocycles. The number of benzene rings is 1. The van der Waals surface area contributed by atoms with E-state index in [2.05, 4.69) is 0 Å². The van der Waals surface area contributed by atoms with Gasteiger partial charge in [0.1, 0.15) is 5.75 Å². The summed E-state index contributed by atoms with van der Waals surface area (Å²) in [4.78, 5) is 11.0. The summed E-state index contributed by atoms with van der Waals surface area (Å²) in [6.07, 6.45) is 0.460. The Kier molecular flexibility index (Phi) is 3.51. The Labute approximate surface area is 112 Å². The van der Waals surface area contributed by atoms with E-state index < -0.39 is 11.9 Å². The molecule has 0 aliphatic heterocycles. The standard InChI is InChI=1S/C15H19NO3/c1-9(2)16-12(7-10(3)15(18)19)8-11-5-4-6-13(17)14(11)16/h4-6,8-10,17H,7H2,1-3H3,(H,18,19). The number of aromatic hydroxyl groups is 1. The molecule has 0 amide bonds. The van der Waals surface area contributed by atoms with E-state index in [9.17, 15) is 9.90 Å². The normalized spacial score (nSPS) is 13.1. The molecule has 0 radical (unpaired) electrons. The van der Waals surface area contributed by atoms with Crippen molar-refractivity contribution < 1.29 is 15.0 Å². The number of hydrogen-bond donors (Lipinski definition) is 2. The molecule has 2 aromatic rings. The Bertz CT molecular complexity index is 613. The SMILES string of the molecule is CC(Cc1cc2cccc(O)c2n1C(C)C)C(=O)O. The highest BCUT2D eigenvalue weighted by Crippen LogP contribution is 2.31. The minimum absolute atomic E-state index is 0.168. The van der Waals surface area contributed by atoms with E-state index in [4.69, 9.17) is 5.11 Å². The van der Waals surface area contributed by atoms with Gasteiger partial charge in [0.25, 0.3) is 0 Å². The van der Waals surface area contributed by atoms with Crippen LogP contribution >= 0.6 is 0 Å². The lowest BCUT2D eigenvalue weighted by atomic mass is 10.1. The van der Waals surface area contributed by atoms with Crippen molar-refractivity contribution in [1.82, 2.24) is 4.57 Å². The Balaban J connectivity index is 2.58. The molecule has 1 atom stereocenters. The first-order valence-electron chi connectivity index (χ1n) is 6.46. The van der Waals surface area contributed by atoms with Gasteiger partial charge in [-0.25, -0.2) is 0 Å². The van der Waals surface area contributed by atoms with Gasteiger partial charge in [-0.1, -0.05) is 19.1 Å². The third-order valence-electron chi connectivity index (χ3n) is 3.37. The lowest BCUT2D eigenvalue weighted by molar-refractivity contribution is -0.141. The maximum atomic E-state index is 11.0. The molecule has 0 saturated carbocycles. The highest BCUT2D eigenvalue weighted by Gasteiger charge is 2.19. The number of hydrogen-bond acceptors (Lipinski definition) is 2. The number of para-hydroxylation sites is 1. The summed E-state index contributed by atoms with van der Waals surface area (Å²) in [7, 11) is 0. The number of nitrogens with zero attached hydrogens (tertiary/aromatic N) is 1. The third kappa shape index (κ3) is 2.43. The first-order chi connectivity index (χ1) is 8.91. The first kappa shape index (κ1) is 13.5. The largest absolute Gasteiger partial charge is 0.506 e. The van der Waals surface area contributed by atoms with Crippen LogP contribution in [0.4, 0.5) is 0 Å². The van der Waals surface area contributed by atoms with Crippen LogP contribution in [-0.2, 0) is 11.2 Å². The number of phenolic OH excluding ortho intramolecular Hbond substituents is 1.